The second-order valence-corrected chi connectivity index (χ2v) is 9.80. The molecule has 2 aliphatic rings. The quantitative estimate of drug-likeness (QED) is 0.374. The summed E-state index contributed by atoms with van der Waals surface area (Å²) >= 11 is 5.95. The van der Waals surface area contributed by atoms with E-state index < -0.39 is 23.3 Å². The predicted molar refractivity (Wildman–Crippen MR) is 135 cm³/mol. The van der Waals surface area contributed by atoms with E-state index in [-0.39, 0.29) is 19.0 Å². The van der Waals surface area contributed by atoms with E-state index in [1.165, 1.54) is 17.7 Å². The number of nitrogens with one attached hydrogen (secondary N) is 2. The molecule has 1 spiro atoms. The molecule has 0 aliphatic carbocycles. The Kier molecular flexibility index (Phi) is 8.14. The molecule has 0 aromatic heterocycles. The minimum atomic E-state index is -4.43. The molecular formula is C27H29ClF3N3O3. The van der Waals surface area contributed by atoms with E-state index in [1.54, 1.807) is 6.92 Å². The molecule has 0 bridgehead atoms. The second-order valence-electron chi connectivity index (χ2n) is 9.36. The van der Waals surface area contributed by atoms with Gasteiger partial charge in [0.15, 0.2) is 0 Å². The fourth-order valence-electron chi connectivity index (χ4n) is 4.83. The molecule has 2 aliphatic heterocycles. The highest BCUT2D eigenvalue weighted by atomic mass is 35.5. The van der Waals surface area contributed by atoms with Crippen molar-refractivity contribution in [3.05, 3.63) is 75.8 Å². The van der Waals surface area contributed by atoms with Crippen molar-refractivity contribution in [1.82, 2.24) is 10.2 Å². The lowest BCUT2D eigenvalue weighted by Crippen LogP contribution is -2.49. The standard InChI is InChI=1S/C27H29ClF3N3O3/c1-18-23(24(35)33-13-12-32-22-4-2-3-20(17-22)27(29,30)31)26(37-25(18)36)10-15-34(16-11-26)14-9-19-5-7-21(28)8-6-19/h2-8,17,32H,9-16H2,1H3,(H,33,35). The summed E-state index contributed by atoms with van der Waals surface area (Å²) in [6.45, 7) is 4.20. The molecule has 0 atom stereocenters. The van der Waals surface area contributed by atoms with Crippen LogP contribution >= 0.6 is 11.6 Å². The predicted octanol–water partition coefficient (Wildman–Crippen LogP) is 4.84. The largest absolute Gasteiger partial charge is 0.450 e. The van der Waals surface area contributed by atoms with Crippen molar-refractivity contribution in [2.75, 3.05) is 38.0 Å². The minimum absolute atomic E-state index is 0.170. The summed E-state index contributed by atoms with van der Waals surface area (Å²) in [4.78, 5) is 27.8. The third-order valence-corrected chi connectivity index (χ3v) is 7.13. The van der Waals surface area contributed by atoms with E-state index in [2.05, 4.69) is 15.5 Å². The van der Waals surface area contributed by atoms with Crippen LogP contribution in [0.1, 0.15) is 30.9 Å². The Morgan fingerprint density at radius 1 is 1.11 bits per heavy atom. The van der Waals surface area contributed by atoms with Gasteiger partial charge >= 0.3 is 12.1 Å². The van der Waals surface area contributed by atoms with Crippen LogP contribution in [0.3, 0.4) is 0 Å². The number of ether oxygens (including phenoxy) is 1. The van der Waals surface area contributed by atoms with Gasteiger partial charge in [0.25, 0.3) is 5.91 Å². The molecule has 2 N–H and O–H groups in total. The number of nitrogens with zero attached hydrogens (tertiary/aromatic N) is 1. The van der Waals surface area contributed by atoms with Gasteiger partial charge in [-0.2, -0.15) is 13.2 Å². The first-order chi connectivity index (χ1) is 17.6. The number of amides is 1. The molecule has 0 saturated carbocycles. The third-order valence-electron chi connectivity index (χ3n) is 6.88. The van der Waals surface area contributed by atoms with Crippen molar-refractivity contribution in [3.8, 4) is 0 Å². The van der Waals surface area contributed by atoms with E-state index in [0.717, 1.165) is 25.1 Å². The summed E-state index contributed by atoms with van der Waals surface area (Å²) in [5.41, 5.74) is 0.460. The third kappa shape index (κ3) is 6.45. The van der Waals surface area contributed by atoms with Crippen LogP contribution in [-0.4, -0.2) is 55.1 Å². The molecule has 10 heteroatoms. The number of halogens is 4. The second kappa shape index (κ2) is 11.1. The summed E-state index contributed by atoms with van der Waals surface area (Å²) in [6, 6.07) is 12.6. The zero-order chi connectivity index (χ0) is 26.6. The van der Waals surface area contributed by atoms with Crippen LogP contribution < -0.4 is 10.6 Å². The molecule has 0 unspecified atom stereocenters. The van der Waals surface area contributed by atoms with Crippen molar-refractivity contribution in [3.63, 3.8) is 0 Å². The molecule has 2 heterocycles. The van der Waals surface area contributed by atoms with Gasteiger partial charge in [0, 0.05) is 61.8 Å². The van der Waals surface area contributed by atoms with Crippen LogP contribution in [0.4, 0.5) is 18.9 Å². The summed E-state index contributed by atoms with van der Waals surface area (Å²) < 4.78 is 44.4. The van der Waals surface area contributed by atoms with Crippen molar-refractivity contribution in [2.45, 2.75) is 38.0 Å². The molecule has 37 heavy (non-hydrogen) atoms. The molecular weight excluding hydrogens is 507 g/mol. The number of hydrogen-bond acceptors (Lipinski definition) is 5. The van der Waals surface area contributed by atoms with Gasteiger partial charge in [-0.15, -0.1) is 0 Å². The average Bonchev–Trinajstić information content (AvgIpc) is 3.11. The Morgan fingerprint density at radius 2 is 1.81 bits per heavy atom. The number of hydrogen-bond donors (Lipinski definition) is 2. The van der Waals surface area contributed by atoms with E-state index in [4.69, 9.17) is 16.3 Å². The van der Waals surface area contributed by atoms with Crippen LogP contribution in [-0.2, 0) is 26.9 Å². The summed E-state index contributed by atoms with van der Waals surface area (Å²) in [6.07, 6.45) is -2.53. The minimum Gasteiger partial charge on any atom is -0.450 e. The molecule has 1 amide bonds. The van der Waals surface area contributed by atoms with Gasteiger partial charge in [-0.05, 0) is 49.2 Å². The van der Waals surface area contributed by atoms with Crippen LogP contribution in [0, 0.1) is 0 Å². The van der Waals surface area contributed by atoms with Crippen molar-refractivity contribution in [2.24, 2.45) is 0 Å². The lowest BCUT2D eigenvalue weighted by Gasteiger charge is -2.39. The van der Waals surface area contributed by atoms with Gasteiger partial charge in [0.05, 0.1) is 11.1 Å². The maximum absolute atomic E-state index is 13.1. The van der Waals surface area contributed by atoms with E-state index in [9.17, 15) is 22.8 Å². The summed E-state index contributed by atoms with van der Waals surface area (Å²) in [5.74, 6) is -0.870. The van der Waals surface area contributed by atoms with Gasteiger partial charge in [0.1, 0.15) is 5.60 Å². The fourth-order valence-corrected chi connectivity index (χ4v) is 4.96. The van der Waals surface area contributed by atoms with Crippen LogP contribution in [0.25, 0.3) is 0 Å². The highest BCUT2D eigenvalue weighted by Crippen LogP contribution is 2.41. The monoisotopic (exact) mass is 535 g/mol. The van der Waals surface area contributed by atoms with Crippen LogP contribution in [0.15, 0.2) is 59.7 Å². The Morgan fingerprint density at radius 3 is 2.49 bits per heavy atom. The fraction of sp³-hybridized carbons (Fsp3) is 0.407. The maximum atomic E-state index is 13.1. The number of benzene rings is 2. The zero-order valence-corrected chi connectivity index (χ0v) is 21.2. The first-order valence-corrected chi connectivity index (χ1v) is 12.6. The number of alkyl halides is 3. The lowest BCUT2D eigenvalue weighted by molar-refractivity contribution is -0.150. The smallest absolute Gasteiger partial charge is 0.416 e. The van der Waals surface area contributed by atoms with Gasteiger partial charge in [-0.1, -0.05) is 29.8 Å². The SMILES string of the molecule is CC1=C(C(=O)NCCNc2cccc(C(F)(F)F)c2)C2(CCN(CCc3ccc(Cl)cc3)CC2)OC1=O. The van der Waals surface area contributed by atoms with Gasteiger partial charge in [-0.3, -0.25) is 4.79 Å². The number of carbonyl (C=O) groups is 2. The topological polar surface area (TPSA) is 70.7 Å². The van der Waals surface area contributed by atoms with Crippen molar-refractivity contribution in [1.29, 1.82) is 0 Å². The zero-order valence-electron chi connectivity index (χ0n) is 20.5. The molecule has 0 radical (unpaired) electrons. The number of carbonyl (C=O) groups excluding carboxylic acids is 2. The van der Waals surface area contributed by atoms with Crippen molar-refractivity contribution >= 4 is 29.2 Å². The highest BCUT2D eigenvalue weighted by molar-refractivity contribution is 6.30. The Labute approximate surface area is 218 Å². The lowest BCUT2D eigenvalue weighted by atomic mass is 9.82. The molecule has 2 aromatic carbocycles. The Balaban J connectivity index is 1.30. The Bertz CT molecular complexity index is 1170. The number of piperidine rings is 1. The molecule has 198 valence electrons. The molecule has 6 nitrogen and oxygen atoms in total. The number of anilines is 1. The highest BCUT2D eigenvalue weighted by Gasteiger charge is 2.50. The number of rotatable bonds is 8. The molecule has 4 rings (SSSR count). The number of likely N-dealkylation sites (tertiary alicyclic amines) is 1. The van der Waals surface area contributed by atoms with Gasteiger partial charge in [-0.25, -0.2) is 4.79 Å². The molecule has 1 fully saturated rings. The summed E-state index contributed by atoms with van der Waals surface area (Å²) in [7, 11) is 0. The van der Waals surface area contributed by atoms with E-state index >= 15 is 0 Å². The normalized spacial score (nSPS) is 17.7. The van der Waals surface area contributed by atoms with E-state index in [1.807, 2.05) is 24.3 Å². The molecule has 2 aromatic rings. The Hall–Kier alpha value is -3.04. The maximum Gasteiger partial charge on any atom is 0.416 e. The first-order valence-electron chi connectivity index (χ1n) is 12.2. The molecule has 1 saturated heterocycles. The van der Waals surface area contributed by atoms with Crippen molar-refractivity contribution < 1.29 is 27.5 Å². The van der Waals surface area contributed by atoms with Gasteiger partial charge < -0.3 is 20.3 Å². The van der Waals surface area contributed by atoms with Crippen LogP contribution in [0.2, 0.25) is 5.02 Å². The summed E-state index contributed by atoms with van der Waals surface area (Å²) in [5, 5.41) is 6.37. The average molecular weight is 536 g/mol. The first kappa shape index (κ1) is 27.0. The van der Waals surface area contributed by atoms with Gasteiger partial charge in [0.2, 0.25) is 0 Å². The number of esters is 1. The van der Waals surface area contributed by atoms with E-state index in [0.29, 0.717) is 47.8 Å². The van der Waals surface area contributed by atoms with Crippen LogP contribution in [0.5, 0.6) is 0 Å².